The van der Waals surface area contributed by atoms with Crippen LogP contribution in [0.25, 0.3) is 0 Å². The minimum absolute atomic E-state index is 0.102. The van der Waals surface area contributed by atoms with Crippen LogP contribution in [0.15, 0.2) is 42.5 Å². The molecule has 1 aliphatic rings. The highest BCUT2D eigenvalue weighted by atomic mass is 19.1. The van der Waals surface area contributed by atoms with E-state index in [1.54, 1.807) is 6.07 Å². The third kappa shape index (κ3) is 5.46. The summed E-state index contributed by atoms with van der Waals surface area (Å²) in [7, 11) is 0. The van der Waals surface area contributed by atoms with Crippen LogP contribution < -0.4 is 0 Å². The summed E-state index contributed by atoms with van der Waals surface area (Å²) in [5, 5.41) is 0. The second-order valence-corrected chi connectivity index (χ2v) is 7.82. The molecule has 0 amide bonds. The number of rotatable bonds is 5. The summed E-state index contributed by atoms with van der Waals surface area (Å²) in [6.07, 6.45) is 8.74. The third-order valence-corrected chi connectivity index (χ3v) is 5.86. The van der Waals surface area contributed by atoms with Crippen molar-refractivity contribution in [3.8, 4) is 11.8 Å². The van der Waals surface area contributed by atoms with E-state index in [1.807, 2.05) is 12.1 Å². The molecule has 2 aromatic carbocycles. The van der Waals surface area contributed by atoms with Crippen molar-refractivity contribution in [2.75, 3.05) is 0 Å². The first-order chi connectivity index (χ1) is 13.2. The Bertz CT molecular complexity index is 783. The molecule has 1 saturated carbocycles. The van der Waals surface area contributed by atoms with Gasteiger partial charge in [-0.15, -0.1) is 0 Å². The van der Waals surface area contributed by atoms with Crippen LogP contribution in [0.3, 0.4) is 0 Å². The quantitative estimate of drug-likeness (QED) is 0.500. The Hall–Kier alpha value is -2.07. The van der Waals surface area contributed by atoms with Crippen molar-refractivity contribution >= 4 is 0 Å². The van der Waals surface area contributed by atoms with Gasteiger partial charge in [0.1, 0.15) is 5.82 Å². The standard InChI is InChI=1S/C26H31F/c1-3-5-6-25-18-13-22(19-26(25)27)8-7-21-11-16-24(17-12-21)23-14-9-20(4-2)10-15-23/h9-10,13-15,18-19,21,24H,3-6,11-12,16-17H2,1-2H3/t21-,24-. The van der Waals surface area contributed by atoms with Gasteiger partial charge >= 0.3 is 0 Å². The topological polar surface area (TPSA) is 0 Å². The van der Waals surface area contributed by atoms with E-state index in [4.69, 9.17) is 0 Å². The van der Waals surface area contributed by atoms with Crippen LogP contribution in [0.1, 0.15) is 80.5 Å². The molecule has 0 aromatic heterocycles. The predicted molar refractivity (Wildman–Crippen MR) is 112 cm³/mol. The average molecular weight is 363 g/mol. The van der Waals surface area contributed by atoms with Crippen LogP contribution in [0.2, 0.25) is 0 Å². The van der Waals surface area contributed by atoms with E-state index in [9.17, 15) is 4.39 Å². The Kier molecular flexibility index (Phi) is 7.11. The van der Waals surface area contributed by atoms with E-state index in [0.717, 1.165) is 49.7 Å². The fourth-order valence-electron chi connectivity index (χ4n) is 3.98. The molecule has 0 radical (unpaired) electrons. The van der Waals surface area contributed by atoms with Gasteiger partial charge in [0.25, 0.3) is 0 Å². The van der Waals surface area contributed by atoms with Crippen molar-refractivity contribution in [1.29, 1.82) is 0 Å². The molecule has 0 bridgehead atoms. The molecule has 0 nitrogen and oxygen atoms in total. The predicted octanol–water partition coefficient (Wildman–Crippen LogP) is 7.06. The smallest absolute Gasteiger partial charge is 0.127 e. The van der Waals surface area contributed by atoms with Crippen LogP contribution in [0.5, 0.6) is 0 Å². The second kappa shape index (κ2) is 9.75. The number of benzene rings is 2. The summed E-state index contributed by atoms with van der Waals surface area (Å²) in [5.74, 6) is 7.63. The highest BCUT2D eigenvalue weighted by Crippen LogP contribution is 2.35. The fourth-order valence-corrected chi connectivity index (χ4v) is 3.98. The minimum Gasteiger partial charge on any atom is -0.207 e. The van der Waals surface area contributed by atoms with E-state index in [0.29, 0.717) is 11.8 Å². The van der Waals surface area contributed by atoms with Gasteiger partial charge < -0.3 is 0 Å². The molecular weight excluding hydrogens is 331 g/mol. The number of hydrogen-bond donors (Lipinski definition) is 0. The van der Waals surface area contributed by atoms with E-state index in [1.165, 1.54) is 24.0 Å². The lowest BCUT2D eigenvalue weighted by atomic mass is 9.79. The van der Waals surface area contributed by atoms with Crippen LogP contribution in [-0.4, -0.2) is 0 Å². The first-order valence-electron chi connectivity index (χ1n) is 10.6. The maximum Gasteiger partial charge on any atom is 0.127 e. The van der Waals surface area contributed by atoms with Crippen LogP contribution in [0, 0.1) is 23.6 Å². The van der Waals surface area contributed by atoms with Gasteiger partial charge in [-0.05, 0) is 79.7 Å². The summed E-state index contributed by atoms with van der Waals surface area (Å²) in [5.41, 5.74) is 4.51. The molecular formula is C26H31F. The van der Waals surface area contributed by atoms with Crippen molar-refractivity contribution in [2.24, 2.45) is 5.92 Å². The van der Waals surface area contributed by atoms with E-state index in [2.05, 4.69) is 50.0 Å². The van der Waals surface area contributed by atoms with Crippen molar-refractivity contribution in [3.05, 3.63) is 70.5 Å². The van der Waals surface area contributed by atoms with Crippen molar-refractivity contribution in [3.63, 3.8) is 0 Å². The number of aryl methyl sites for hydroxylation is 2. The van der Waals surface area contributed by atoms with Crippen molar-refractivity contribution in [2.45, 2.75) is 71.1 Å². The lowest BCUT2D eigenvalue weighted by Gasteiger charge is -2.26. The average Bonchev–Trinajstić information content (AvgIpc) is 2.72. The SMILES string of the molecule is CCCCc1ccc(C#C[C@H]2CC[C@H](c3ccc(CC)cc3)CC2)cc1F. The van der Waals surface area contributed by atoms with Crippen molar-refractivity contribution in [1.82, 2.24) is 0 Å². The Morgan fingerprint density at radius 3 is 2.33 bits per heavy atom. The monoisotopic (exact) mass is 362 g/mol. The Morgan fingerprint density at radius 1 is 0.963 bits per heavy atom. The molecule has 0 aliphatic heterocycles. The van der Waals surface area contributed by atoms with E-state index in [-0.39, 0.29) is 5.82 Å². The van der Waals surface area contributed by atoms with Gasteiger partial charge in [0.05, 0.1) is 0 Å². The molecule has 0 atom stereocenters. The zero-order chi connectivity index (χ0) is 19.1. The molecule has 1 aliphatic carbocycles. The third-order valence-electron chi connectivity index (χ3n) is 5.86. The maximum atomic E-state index is 14.2. The fraction of sp³-hybridized carbons (Fsp3) is 0.462. The lowest BCUT2D eigenvalue weighted by Crippen LogP contribution is -2.12. The van der Waals surface area contributed by atoms with Gasteiger partial charge in [-0.1, -0.05) is 62.4 Å². The van der Waals surface area contributed by atoms with Gasteiger partial charge in [-0.25, -0.2) is 4.39 Å². The lowest BCUT2D eigenvalue weighted by molar-refractivity contribution is 0.384. The van der Waals surface area contributed by atoms with Gasteiger partial charge in [0.2, 0.25) is 0 Å². The molecule has 0 heterocycles. The van der Waals surface area contributed by atoms with E-state index < -0.39 is 0 Å². The highest BCUT2D eigenvalue weighted by molar-refractivity contribution is 5.37. The Balaban J connectivity index is 1.55. The summed E-state index contributed by atoms with van der Waals surface area (Å²) in [4.78, 5) is 0. The van der Waals surface area contributed by atoms with Gasteiger partial charge in [0, 0.05) is 11.5 Å². The molecule has 0 spiro atoms. The van der Waals surface area contributed by atoms with Crippen LogP contribution in [-0.2, 0) is 12.8 Å². The zero-order valence-corrected chi connectivity index (χ0v) is 16.7. The summed E-state index contributed by atoms with van der Waals surface area (Å²) < 4.78 is 14.2. The molecule has 0 N–H and O–H groups in total. The second-order valence-electron chi connectivity index (χ2n) is 7.82. The minimum atomic E-state index is -0.102. The van der Waals surface area contributed by atoms with Crippen LogP contribution >= 0.6 is 0 Å². The highest BCUT2D eigenvalue weighted by Gasteiger charge is 2.21. The molecule has 1 fully saturated rings. The molecule has 142 valence electrons. The zero-order valence-electron chi connectivity index (χ0n) is 16.7. The first-order valence-corrected chi connectivity index (χ1v) is 10.6. The van der Waals surface area contributed by atoms with Gasteiger partial charge in [0.15, 0.2) is 0 Å². The molecule has 2 aromatic rings. The largest absolute Gasteiger partial charge is 0.207 e. The number of unbranched alkanes of at least 4 members (excludes halogenated alkanes) is 1. The number of halogens is 1. The van der Waals surface area contributed by atoms with E-state index >= 15 is 0 Å². The van der Waals surface area contributed by atoms with Crippen molar-refractivity contribution < 1.29 is 4.39 Å². The Morgan fingerprint density at radius 2 is 1.70 bits per heavy atom. The summed E-state index contributed by atoms with van der Waals surface area (Å²) in [6.45, 7) is 4.33. The molecule has 0 unspecified atom stereocenters. The first kappa shape index (κ1) is 19.7. The molecule has 3 rings (SSSR count). The Labute approximate surface area is 164 Å². The van der Waals surface area contributed by atoms with Gasteiger partial charge in [-0.2, -0.15) is 0 Å². The normalized spacial score (nSPS) is 19.4. The number of hydrogen-bond acceptors (Lipinski definition) is 0. The maximum absolute atomic E-state index is 14.2. The molecule has 1 heteroatoms. The molecule has 0 saturated heterocycles. The summed E-state index contributed by atoms with van der Waals surface area (Å²) in [6, 6.07) is 14.6. The molecule has 27 heavy (non-hydrogen) atoms. The van der Waals surface area contributed by atoms with Gasteiger partial charge in [-0.3, -0.25) is 0 Å². The van der Waals surface area contributed by atoms with Crippen LogP contribution in [0.4, 0.5) is 4.39 Å². The summed E-state index contributed by atoms with van der Waals surface area (Å²) >= 11 is 0.